The van der Waals surface area contributed by atoms with Gasteiger partial charge in [-0.05, 0) is 163 Å². The number of unbranched alkanes of at least 4 members (excludes halogenated alkanes) is 1. The van der Waals surface area contributed by atoms with Crippen LogP contribution in [0.2, 0.25) is 0 Å². The van der Waals surface area contributed by atoms with E-state index in [1.165, 1.54) is 77.2 Å². The van der Waals surface area contributed by atoms with E-state index < -0.39 is 0 Å². The van der Waals surface area contributed by atoms with Crippen LogP contribution in [0, 0.1) is 0 Å². The van der Waals surface area contributed by atoms with Gasteiger partial charge < -0.3 is 9.97 Å². The van der Waals surface area contributed by atoms with E-state index in [2.05, 4.69) is 198 Å². The van der Waals surface area contributed by atoms with Gasteiger partial charge in [-0.3, -0.25) is 4.98 Å². The summed E-state index contributed by atoms with van der Waals surface area (Å²) in [5.41, 5.74) is 18.1. The lowest BCUT2D eigenvalue weighted by atomic mass is 9.82. The molecule has 1 aliphatic rings. The van der Waals surface area contributed by atoms with Crippen molar-refractivity contribution in [3.05, 3.63) is 230 Å². The smallest absolute Gasteiger partial charge is 0.0695 e. The van der Waals surface area contributed by atoms with E-state index in [0.717, 1.165) is 59.6 Å². The molecule has 2 N–H and O–H groups in total. The molecule has 1 aliphatic carbocycles. The predicted octanol–water partition coefficient (Wildman–Crippen LogP) is 17.6. The van der Waals surface area contributed by atoms with Crippen molar-refractivity contribution in [2.75, 3.05) is 0 Å². The number of H-pyrrole nitrogens is 2. The molecule has 65 heavy (non-hydrogen) atoms. The summed E-state index contributed by atoms with van der Waals surface area (Å²) >= 11 is 0. The predicted molar refractivity (Wildman–Crippen MR) is 280 cm³/mol. The zero-order valence-electron chi connectivity index (χ0n) is 37.6. The molecule has 9 aromatic rings. The highest BCUT2D eigenvalue weighted by Crippen LogP contribution is 2.47. The quantitative estimate of drug-likeness (QED) is 0.0934. The minimum Gasteiger partial charge on any atom is -0.360 e. The molecule has 0 atom stereocenters. The maximum Gasteiger partial charge on any atom is 0.0695 e. The summed E-state index contributed by atoms with van der Waals surface area (Å²) in [4.78, 5) is 11.9. The fourth-order valence-corrected chi connectivity index (χ4v) is 9.07. The van der Waals surface area contributed by atoms with Crippen LogP contribution in [-0.4, -0.2) is 15.0 Å². The van der Waals surface area contributed by atoms with Crippen LogP contribution in [0.1, 0.15) is 63.3 Å². The van der Waals surface area contributed by atoms with E-state index in [-0.39, 0.29) is 0 Å². The second-order valence-corrected chi connectivity index (χ2v) is 16.3. The molecular formula is C62H55N3. The lowest BCUT2D eigenvalue weighted by Crippen LogP contribution is -1.97. The number of hydrogen-bond acceptors (Lipinski definition) is 1. The molecule has 0 unspecified atom stereocenters. The van der Waals surface area contributed by atoms with Gasteiger partial charge >= 0.3 is 0 Å². The first-order chi connectivity index (χ1) is 32.1. The number of benzene rings is 6. The molecule has 3 nitrogen and oxygen atoms in total. The minimum atomic E-state index is 0.866. The highest BCUT2D eigenvalue weighted by molar-refractivity contribution is 6.21. The van der Waals surface area contributed by atoms with Crippen molar-refractivity contribution in [2.45, 2.75) is 46.5 Å². The average molecular weight is 842 g/mol. The third kappa shape index (κ3) is 8.92. The van der Waals surface area contributed by atoms with Crippen LogP contribution in [0.4, 0.5) is 0 Å². The Kier molecular flexibility index (Phi) is 12.9. The molecule has 3 heterocycles. The van der Waals surface area contributed by atoms with Gasteiger partial charge in [-0.25, -0.2) is 0 Å². The Morgan fingerprint density at radius 3 is 2.02 bits per heavy atom. The third-order valence-electron chi connectivity index (χ3n) is 12.2. The first kappa shape index (κ1) is 42.5. The Bertz CT molecular complexity index is 3230. The van der Waals surface area contributed by atoms with Gasteiger partial charge in [-0.15, -0.1) is 0 Å². The minimum absolute atomic E-state index is 0.866. The number of nitrogens with one attached hydrogen (secondary N) is 2. The van der Waals surface area contributed by atoms with Gasteiger partial charge in [0, 0.05) is 23.7 Å². The Balaban J connectivity index is 0.00000263. The fraction of sp³-hybridized carbons (Fsp3) is 0.113. The molecule has 10 rings (SSSR count). The molecule has 318 valence electrons. The SMILES string of the molecule is C=C(/C=C\C(=C/CCC)c1c2ccccc2c(-c2ccc(-c3ccc[nH]3)[nH]2)c2cc(-c3cccc(-c4ccccc4)c3)c(-c3cccc(C4=CCCC=C4)c3)cc12)c1ccccn1.CC. The Morgan fingerprint density at radius 2 is 1.29 bits per heavy atom. The summed E-state index contributed by atoms with van der Waals surface area (Å²) in [5, 5.41) is 4.76. The molecule has 0 spiro atoms. The maximum atomic E-state index is 4.62. The summed E-state index contributed by atoms with van der Waals surface area (Å²) in [6, 6.07) is 57.3. The van der Waals surface area contributed by atoms with E-state index in [4.69, 9.17) is 0 Å². The summed E-state index contributed by atoms with van der Waals surface area (Å²) in [5.74, 6) is 0. The van der Waals surface area contributed by atoms with Crippen LogP contribution < -0.4 is 0 Å². The molecule has 0 bridgehead atoms. The zero-order valence-corrected chi connectivity index (χ0v) is 37.6. The molecule has 0 aliphatic heterocycles. The van der Waals surface area contributed by atoms with Gasteiger partial charge in [0.25, 0.3) is 0 Å². The molecule has 6 aromatic carbocycles. The maximum absolute atomic E-state index is 4.62. The first-order valence-electron chi connectivity index (χ1n) is 23.1. The second-order valence-electron chi connectivity index (χ2n) is 16.3. The van der Waals surface area contributed by atoms with Crippen LogP contribution in [-0.2, 0) is 0 Å². The van der Waals surface area contributed by atoms with E-state index in [9.17, 15) is 0 Å². The highest BCUT2D eigenvalue weighted by atomic mass is 14.8. The molecular weight excluding hydrogens is 787 g/mol. The average Bonchev–Trinajstić information content (AvgIpc) is 4.11. The van der Waals surface area contributed by atoms with Gasteiger partial charge in [-0.2, -0.15) is 0 Å². The van der Waals surface area contributed by atoms with Crippen molar-refractivity contribution in [1.82, 2.24) is 15.0 Å². The monoisotopic (exact) mass is 841 g/mol. The standard InChI is InChI=1S/C60H49N3.C2H6/c1-3-4-18-44(32-31-41(2)55-29-13-14-35-61-55)59-49-27-11-12-28-50(49)60(58-34-33-57(63-58)56-30-17-36-62-56)54-40-52(48-26-16-24-46(38-48)43-21-9-6-10-22-43)51(39-53(54)59)47-25-15-23-45(37-47)42-19-7-5-8-20-42;1-2/h6-7,9-40,62-63H,2-5,8H2,1H3;1-2H3/b32-31-,44-18+;. The number of aromatic nitrogens is 3. The molecule has 0 amide bonds. The summed E-state index contributed by atoms with van der Waals surface area (Å²) in [7, 11) is 0. The van der Waals surface area contributed by atoms with Gasteiger partial charge in [0.05, 0.1) is 17.1 Å². The van der Waals surface area contributed by atoms with Gasteiger partial charge in [0.2, 0.25) is 0 Å². The van der Waals surface area contributed by atoms with Crippen molar-refractivity contribution >= 4 is 38.3 Å². The lowest BCUT2D eigenvalue weighted by molar-refractivity contribution is 0.960. The number of allylic oxidation sites excluding steroid dienone is 9. The fourth-order valence-electron chi connectivity index (χ4n) is 9.07. The van der Waals surface area contributed by atoms with Gasteiger partial charge in [0.15, 0.2) is 0 Å². The van der Waals surface area contributed by atoms with Crippen LogP contribution >= 0.6 is 0 Å². The number of aromatic amines is 2. The number of nitrogens with zero attached hydrogens (tertiary/aromatic N) is 1. The summed E-state index contributed by atoms with van der Waals surface area (Å²) < 4.78 is 0. The Labute approximate surface area is 384 Å². The zero-order chi connectivity index (χ0) is 44.5. The Hall–Kier alpha value is -7.75. The number of hydrogen-bond donors (Lipinski definition) is 2. The van der Waals surface area contributed by atoms with E-state index >= 15 is 0 Å². The van der Waals surface area contributed by atoms with Crippen LogP contribution in [0.3, 0.4) is 0 Å². The first-order valence-corrected chi connectivity index (χ1v) is 23.1. The molecule has 0 saturated heterocycles. The van der Waals surface area contributed by atoms with Crippen LogP contribution in [0.15, 0.2) is 213 Å². The van der Waals surface area contributed by atoms with Crippen LogP contribution in [0.25, 0.3) is 94.3 Å². The largest absolute Gasteiger partial charge is 0.360 e. The summed E-state index contributed by atoms with van der Waals surface area (Å²) in [6.07, 6.45) is 21.6. The van der Waals surface area contributed by atoms with Gasteiger partial charge in [0.1, 0.15) is 0 Å². The molecule has 3 heteroatoms. The second kappa shape index (κ2) is 19.7. The Morgan fingerprint density at radius 1 is 0.600 bits per heavy atom. The number of rotatable bonds is 12. The lowest BCUT2D eigenvalue weighted by Gasteiger charge is -2.21. The normalized spacial score (nSPS) is 12.7. The van der Waals surface area contributed by atoms with E-state index in [0.29, 0.717) is 0 Å². The molecule has 0 radical (unpaired) electrons. The van der Waals surface area contributed by atoms with Crippen LogP contribution in [0.5, 0.6) is 0 Å². The van der Waals surface area contributed by atoms with Crippen molar-refractivity contribution < 1.29 is 0 Å². The van der Waals surface area contributed by atoms with Crippen molar-refractivity contribution in [3.63, 3.8) is 0 Å². The van der Waals surface area contributed by atoms with Crippen molar-refractivity contribution in [1.29, 1.82) is 0 Å². The number of pyridine rings is 1. The van der Waals surface area contributed by atoms with E-state index in [1.54, 1.807) is 0 Å². The van der Waals surface area contributed by atoms with Gasteiger partial charge in [-0.1, -0.05) is 167 Å². The molecule has 0 saturated carbocycles. The molecule has 3 aromatic heterocycles. The third-order valence-corrected chi connectivity index (χ3v) is 12.2. The van der Waals surface area contributed by atoms with E-state index in [1.807, 2.05) is 50.5 Å². The van der Waals surface area contributed by atoms with Crippen molar-refractivity contribution in [3.8, 4) is 56.0 Å². The topological polar surface area (TPSA) is 44.5 Å². The number of fused-ring (bicyclic) bond motifs is 2. The van der Waals surface area contributed by atoms with Crippen molar-refractivity contribution in [2.24, 2.45) is 0 Å². The summed E-state index contributed by atoms with van der Waals surface area (Å²) in [6.45, 7) is 10.7. The molecule has 0 fully saturated rings. The highest BCUT2D eigenvalue weighted by Gasteiger charge is 2.22.